The molecule has 12 rings (SSSR count). The summed E-state index contributed by atoms with van der Waals surface area (Å²) in [6.45, 7) is 28.2. The van der Waals surface area contributed by atoms with Crippen LogP contribution in [-0.4, -0.2) is 79.0 Å². The van der Waals surface area contributed by atoms with Gasteiger partial charge in [-0.1, -0.05) is 79.7 Å². The number of ketones is 6. The summed E-state index contributed by atoms with van der Waals surface area (Å²) in [5, 5.41) is 84.7. The van der Waals surface area contributed by atoms with Gasteiger partial charge in [-0.15, -0.1) is 30.7 Å². The van der Waals surface area contributed by atoms with Crippen molar-refractivity contribution < 1.29 is 59.4 Å². The van der Waals surface area contributed by atoms with E-state index in [4.69, 9.17) is 19.7 Å². The lowest BCUT2D eigenvalue weighted by molar-refractivity contribution is 0.0977. The number of hydrogen-bond donors (Lipinski definition) is 6. The van der Waals surface area contributed by atoms with Gasteiger partial charge in [0.25, 0.3) is 16.7 Å². The third kappa shape index (κ3) is 10.7. The number of benzene rings is 6. The molecule has 3 aliphatic carbocycles. The molecule has 0 saturated carbocycles. The zero-order valence-corrected chi connectivity index (χ0v) is 50.5. The smallest absolute Gasteiger partial charge is 0.279 e. The Morgan fingerprint density at radius 2 is 0.621 bits per heavy atom. The number of nitrogens with zero attached hydrogens (tertiary/aromatic N) is 12. The van der Waals surface area contributed by atoms with Crippen molar-refractivity contribution in [2.24, 2.45) is 44.8 Å². The number of carbonyl (C=O) groups is 6. The Kier molecular flexibility index (Phi) is 17.1. The van der Waals surface area contributed by atoms with Gasteiger partial charge in [0, 0.05) is 54.0 Å². The van der Waals surface area contributed by atoms with Crippen molar-refractivity contribution in [3.63, 3.8) is 0 Å². The summed E-state index contributed by atoms with van der Waals surface area (Å²) in [6, 6.07) is 26.2. The molecule has 3 aromatic heterocycles. The fourth-order valence-electron chi connectivity index (χ4n) is 10.9. The lowest BCUT2D eigenvalue weighted by Gasteiger charge is -2.19. The molecule has 9 aromatic rings. The first-order valence-electron chi connectivity index (χ1n) is 28.2. The van der Waals surface area contributed by atoms with E-state index >= 15 is 0 Å². The van der Waals surface area contributed by atoms with Crippen LogP contribution in [0.5, 0.6) is 34.9 Å². The van der Waals surface area contributed by atoms with Crippen LogP contribution in [0.2, 0.25) is 0 Å². The Balaban J connectivity index is 0.000000155. The topological polar surface area (TPSA) is 377 Å². The van der Waals surface area contributed by atoms with Crippen molar-refractivity contribution in [1.82, 2.24) is 13.7 Å². The van der Waals surface area contributed by atoms with Gasteiger partial charge in [-0.3, -0.25) is 56.9 Å². The monoisotopic (exact) mass is 1270 g/mol. The zero-order valence-electron chi connectivity index (χ0n) is 50.5. The van der Waals surface area contributed by atoms with Crippen LogP contribution in [0.3, 0.4) is 0 Å². The van der Waals surface area contributed by atoms with E-state index in [0.717, 1.165) is 13.7 Å². The van der Waals surface area contributed by atoms with E-state index in [1.807, 2.05) is 6.92 Å². The second kappa shape index (κ2) is 25.3. The number of carbonyl (C=O) groups excluding carboxylic acids is 6. The molecule has 0 amide bonds. The quantitative estimate of drug-likeness (QED) is 0.0608. The largest absolute Gasteiger partial charge is 0.507 e. The SMILES string of the molecule is [C-]#[N+]c1c(C)c(N=Nc2cccc3c2C(=O)c2c(O)cccc2C3=O)c(=O)n(C)c1O.[C-]#[N+]c1c(C)c(N=Nc2cccc3c2C(=O)c2c(O)cccc2C3=O)c(=O)n(C)c1O.[C-]#[N+]c1c(C)c(N=Nc2cccc3c2C(=O)c2c(O)cccc2C3=O)c(=O)n(CCC)c1O. The van der Waals surface area contributed by atoms with Gasteiger partial charge in [-0.25, -0.2) is 14.5 Å². The van der Waals surface area contributed by atoms with Gasteiger partial charge >= 0.3 is 0 Å². The number of aromatic hydroxyl groups is 6. The number of phenolic OH excluding ortho intramolecular Hbond substituents is 3. The highest BCUT2D eigenvalue weighted by atomic mass is 16.3. The molecule has 0 unspecified atom stereocenters. The molecule has 0 atom stereocenters. The van der Waals surface area contributed by atoms with Crippen LogP contribution in [0.1, 0.15) is 126 Å². The van der Waals surface area contributed by atoms with Crippen molar-refractivity contribution in [2.75, 3.05) is 0 Å². The number of aromatic nitrogens is 3. The predicted molar refractivity (Wildman–Crippen MR) is 339 cm³/mol. The molecule has 27 nitrogen and oxygen atoms in total. The second-order valence-electron chi connectivity index (χ2n) is 21.2. The van der Waals surface area contributed by atoms with E-state index in [2.05, 4.69) is 45.2 Å². The number of phenols is 3. The van der Waals surface area contributed by atoms with Crippen LogP contribution in [0.25, 0.3) is 14.5 Å². The standard InChI is InChI=1S/C24H18N4O5.2C22H14N4O5/c1-4-11-28-23(32)19(25-3)12(2)20(24(28)33)27-26-15-9-5-7-13-17(15)22(31)18-14(21(13)30)8-6-10-16(18)29;2*1-10-17(23-2)21(30)26(3)22(31)18(10)25-24-13-8-4-6-11-15(13)20(29)16-12(19(11)28)7-5-9-14(16)27/h5-10,29,32H,4,11H2,1-2H3;2*4-9,27,30H,1,3H3. The highest BCUT2D eigenvalue weighted by Gasteiger charge is 2.37. The average Bonchev–Trinajstić information content (AvgIpc) is 0.754. The third-order valence-corrected chi connectivity index (χ3v) is 15.8. The highest BCUT2D eigenvalue weighted by Crippen LogP contribution is 2.43. The molecule has 0 saturated heterocycles. The number of fused-ring (bicyclic) bond motifs is 6. The molecule has 0 fully saturated rings. The maximum Gasteiger partial charge on any atom is 0.279 e. The molecule has 0 radical (unpaired) electrons. The molecule has 95 heavy (non-hydrogen) atoms. The number of rotatable bonds is 8. The maximum atomic E-state index is 13.2. The summed E-state index contributed by atoms with van der Waals surface area (Å²) in [6.07, 6.45) is 0.538. The molecule has 0 aliphatic heterocycles. The molecule has 27 heteroatoms. The Labute approximate surface area is 535 Å². The minimum absolute atomic E-state index is 0.0312. The Morgan fingerprint density at radius 3 is 0.905 bits per heavy atom. The fourth-order valence-corrected chi connectivity index (χ4v) is 10.9. The lowest BCUT2D eigenvalue weighted by atomic mass is 9.83. The molecule has 0 bridgehead atoms. The molecule has 3 aliphatic rings. The van der Waals surface area contributed by atoms with Gasteiger partial charge in [0.1, 0.15) is 34.3 Å². The van der Waals surface area contributed by atoms with Crippen molar-refractivity contribution in [1.29, 1.82) is 0 Å². The number of azo groups is 3. The summed E-state index contributed by atoms with van der Waals surface area (Å²) in [5.74, 6) is -5.44. The Hall–Kier alpha value is -13.7. The van der Waals surface area contributed by atoms with Gasteiger partial charge in [0.2, 0.25) is 17.1 Å². The summed E-state index contributed by atoms with van der Waals surface area (Å²) in [7, 11) is 2.58. The normalized spacial score (nSPS) is 12.5. The van der Waals surface area contributed by atoms with Crippen LogP contribution in [0, 0.1) is 40.5 Å². The van der Waals surface area contributed by atoms with E-state index in [0.29, 0.717) is 6.42 Å². The van der Waals surface area contributed by atoms with Gasteiger partial charge < -0.3 is 30.6 Å². The van der Waals surface area contributed by atoms with Crippen LogP contribution in [-0.2, 0) is 20.6 Å². The van der Waals surface area contributed by atoms with Gasteiger partial charge in [-0.05, 0) is 80.3 Å². The Bertz CT molecular complexity index is 5200. The molecule has 6 N–H and O–H groups in total. The first-order chi connectivity index (χ1) is 45.4. The molecule has 468 valence electrons. The molecule has 6 aromatic carbocycles. The number of hydrogen-bond acceptors (Lipinski definition) is 21. The van der Waals surface area contributed by atoms with Crippen LogP contribution >= 0.6 is 0 Å². The first kappa shape index (κ1) is 64.3. The Morgan fingerprint density at radius 1 is 0.358 bits per heavy atom. The molecular weight excluding hydrogens is 1220 g/mol. The van der Waals surface area contributed by atoms with Gasteiger partial charge in [-0.2, -0.15) is 0 Å². The van der Waals surface area contributed by atoms with Crippen LogP contribution < -0.4 is 16.7 Å². The minimum Gasteiger partial charge on any atom is -0.507 e. The molecule has 0 spiro atoms. The van der Waals surface area contributed by atoms with E-state index in [1.165, 1.54) is 144 Å². The summed E-state index contributed by atoms with van der Waals surface area (Å²) in [5.41, 5.74) is -2.21. The van der Waals surface area contributed by atoms with Gasteiger partial charge in [0.15, 0.2) is 52.3 Å². The predicted octanol–water partition coefficient (Wildman–Crippen LogP) is 12.4. The van der Waals surface area contributed by atoms with E-state index < -0.39 is 69.0 Å². The fraction of sp³-hybridized carbons (Fsp3) is 0.118. The summed E-state index contributed by atoms with van der Waals surface area (Å²) in [4.78, 5) is 126. The second-order valence-corrected chi connectivity index (χ2v) is 21.2. The molecular formula is C68H46N12O15. The van der Waals surface area contributed by atoms with Gasteiger partial charge in [0.05, 0.1) is 70.2 Å². The summed E-state index contributed by atoms with van der Waals surface area (Å²) >= 11 is 0. The number of pyridine rings is 3. The van der Waals surface area contributed by atoms with Crippen molar-refractivity contribution >= 4 is 85.9 Å². The van der Waals surface area contributed by atoms with Crippen LogP contribution in [0.15, 0.2) is 154 Å². The minimum atomic E-state index is -0.679. The third-order valence-electron chi connectivity index (χ3n) is 15.8. The van der Waals surface area contributed by atoms with Crippen molar-refractivity contribution in [3.05, 3.63) is 258 Å². The van der Waals surface area contributed by atoms with E-state index in [9.17, 15) is 73.8 Å². The maximum absolute atomic E-state index is 13.2. The summed E-state index contributed by atoms with van der Waals surface area (Å²) < 4.78 is 2.80. The lowest BCUT2D eigenvalue weighted by Crippen LogP contribution is -2.21. The van der Waals surface area contributed by atoms with Crippen molar-refractivity contribution in [2.45, 2.75) is 40.7 Å². The van der Waals surface area contributed by atoms with Crippen LogP contribution in [0.4, 0.5) is 51.2 Å². The highest BCUT2D eigenvalue weighted by molar-refractivity contribution is 6.33. The molecule has 3 heterocycles. The van der Waals surface area contributed by atoms with E-state index in [1.54, 1.807) is 0 Å². The first-order valence-corrected chi connectivity index (χ1v) is 28.2. The van der Waals surface area contributed by atoms with E-state index in [-0.39, 0.29) is 158 Å². The average molecular weight is 1270 g/mol. The van der Waals surface area contributed by atoms with Crippen molar-refractivity contribution in [3.8, 4) is 34.9 Å². The zero-order chi connectivity index (χ0) is 68.8.